The highest BCUT2D eigenvalue weighted by molar-refractivity contribution is 4.78. The van der Waals surface area contributed by atoms with Gasteiger partial charge in [-0.25, -0.2) is 4.39 Å². The largest absolute Gasteiger partial charge is 0.390 e. The number of aliphatic hydroxyl groups excluding tert-OH is 1. The van der Waals surface area contributed by atoms with Gasteiger partial charge in [-0.05, 0) is 6.42 Å². The van der Waals surface area contributed by atoms with Crippen LogP contribution in [-0.4, -0.2) is 35.4 Å². The third kappa shape index (κ3) is 1.63. The molecule has 0 spiro atoms. The Morgan fingerprint density at radius 2 is 2.33 bits per heavy atom. The molecule has 1 saturated heterocycles. The van der Waals surface area contributed by atoms with E-state index in [1.54, 1.807) is 4.90 Å². The van der Waals surface area contributed by atoms with Gasteiger partial charge in [-0.2, -0.15) is 0 Å². The Labute approximate surface area is 54.3 Å². The van der Waals surface area contributed by atoms with Gasteiger partial charge in [-0.15, -0.1) is 0 Å². The van der Waals surface area contributed by atoms with Crippen LogP contribution in [0.2, 0.25) is 0 Å². The van der Waals surface area contributed by atoms with E-state index in [-0.39, 0.29) is 6.54 Å². The van der Waals surface area contributed by atoms with Crippen LogP contribution in [0.5, 0.6) is 0 Å². The minimum atomic E-state index is -1.10. The van der Waals surface area contributed by atoms with Crippen molar-refractivity contribution in [2.75, 3.05) is 13.1 Å². The average molecular weight is 132 g/mol. The van der Waals surface area contributed by atoms with Gasteiger partial charge in [0.2, 0.25) is 0 Å². The Balaban J connectivity index is 2.35. The molecule has 53 valence electrons. The Morgan fingerprint density at radius 3 is 2.78 bits per heavy atom. The fourth-order valence-corrected chi connectivity index (χ4v) is 0.955. The minimum Gasteiger partial charge on any atom is -0.390 e. The summed E-state index contributed by atoms with van der Waals surface area (Å²) in [6.45, 7) is 0.961. The van der Waals surface area contributed by atoms with Crippen LogP contribution in [0.4, 0.5) is 4.39 Å². The fourth-order valence-electron chi connectivity index (χ4n) is 0.955. The molecule has 2 nitrogen and oxygen atoms in total. The SMILES string of the molecule is [CH2]N1CCC(O)C(F)C1. The third-order valence-electron chi connectivity index (χ3n) is 1.59. The first-order valence-electron chi connectivity index (χ1n) is 3.07. The Kier molecular flexibility index (Phi) is 2.03. The van der Waals surface area contributed by atoms with Crippen molar-refractivity contribution in [3.05, 3.63) is 7.05 Å². The quantitative estimate of drug-likeness (QED) is 0.508. The number of halogens is 1. The summed E-state index contributed by atoms with van der Waals surface area (Å²) in [5, 5.41) is 8.87. The Bertz CT molecular complexity index is 99.1. The number of aliphatic hydroxyl groups is 1. The molecule has 2 unspecified atom stereocenters. The molecular formula is C6H11FNO. The van der Waals surface area contributed by atoms with Crippen molar-refractivity contribution in [3.63, 3.8) is 0 Å². The minimum absolute atomic E-state index is 0.265. The van der Waals surface area contributed by atoms with Crippen molar-refractivity contribution in [1.82, 2.24) is 4.90 Å². The first-order valence-corrected chi connectivity index (χ1v) is 3.07. The van der Waals surface area contributed by atoms with Crippen LogP contribution >= 0.6 is 0 Å². The zero-order valence-corrected chi connectivity index (χ0v) is 5.26. The fraction of sp³-hybridized carbons (Fsp3) is 0.833. The van der Waals surface area contributed by atoms with Crippen molar-refractivity contribution in [1.29, 1.82) is 0 Å². The number of hydrogen-bond donors (Lipinski definition) is 1. The summed E-state index contributed by atoms with van der Waals surface area (Å²) in [7, 11) is 3.56. The number of rotatable bonds is 0. The standard InChI is InChI=1S/C6H11FNO/c1-8-3-2-6(9)5(7)4-8/h5-6,9H,1-4H2. The van der Waals surface area contributed by atoms with Crippen LogP contribution in [-0.2, 0) is 0 Å². The maximum atomic E-state index is 12.5. The Morgan fingerprint density at radius 1 is 1.67 bits per heavy atom. The first kappa shape index (κ1) is 6.96. The van der Waals surface area contributed by atoms with E-state index in [4.69, 9.17) is 5.11 Å². The van der Waals surface area contributed by atoms with Crippen LogP contribution in [0.1, 0.15) is 6.42 Å². The van der Waals surface area contributed by atoms with E-state index in [1.807, 2.05) is 0 Å². The molecule has 2 atom stereocenters. The predicted molar refractivity (Wildman–Crippen MR) is 32.4 cm³/mol. The lowest BCUT2D eigenvalue weighted by Crippen LogP contribution is -2.41. The second kappa shape index (κ2) is 2.62. The summed E-state index contributed by atoms with van der Waals surface area (Å²) >= 11 is 0. The van der Waals surface area contributed by atoms with E-state index in [2.05, 4.69) is 7.05 Å². The highest BCUT2D eigenvalue weighted by Crippen LogP contribution is 2.12. The molecule has 1 aliphatic heterocycles. The number of hydrogen-bond acceptors (Lipinski definition) is 2. The highest BCUT2D eigenvalue weighted by atomic mass is 19.1. The van der Waals surface area contributed by atoms with Crippen LogP contribution in [0.15, 0.2) is 0 Å². The molecule has 1 fully saturated rings. The molecule has 1 radical (unpaired) electrons. The molecule has 1 rings (SSSR count). The van der Waals surface area contributed by atoms with E-state index in [1.165, 1.54) is 0 Å². The summed E-state index contributed by atoms with van der Waals surface area (Å²) in [5.74, 6) is 0. The van der Waals surface area contributed by atoms with Gasteiger partial charge in [-0.3, -0.25) is 4.90 Å². The molecule has 0 aromatic heterocycles. The van der Waals surface area contributed by atoms with Crippen molar-refractivity contribution < 1.29 is 9.50 Å². The van der Waals surface area contributed by atoms with Gasteiger partial charge in [0.1, 0.15) is 6.17 Å². The van der Waals surface area contributed by atoms with Crippen LogP contribution in [0.25, 0.3) is 0 Å². The molecule has 0 aromatic carbocycles. The maximum absolute atomic E-state index is 12.5. The number of likely N-dealkylation sites (tertiary alicyclic amines) is 1. The average Bonchev–Trinajstić information content (AvgIpc) is 1.80. The normalized spacial score (nSPS) is 39.0. The van der Waals surface area contributed by atoms with Crippen LogP contribution in [0.3, 0.4) is 0 Å². The van der Waals surface area contributed by atoms with Crippen molar-refractivity contribution in [3.8, 4) is 0 Å². The molecule has 1 N–H and O–H groups in total. The van der Waals surface area contributed by atoms with Crippen LogP contribution < -0.4 is 0 Å². The molecule has 1 aliphatic rings. The number of alkyl halides is 1. The van der Waals surface area contributed by atoms with Gasteiger partial charge in [0, 0.05) is 20.1 Å². The molecular weight excluding hydrogens is 121 g/mol. The van der Waals surface area contributed by atoms with E-state index >= 15 is 0 Å². The summed E-state index contributed by atoms with van der Waals surface area (Å²) in [5.41, 5.74) is 0. The molecule has 0 aliphatic carbocycles. The molecule has 9 heavy (non-hydrogen) atoms. The van der Waals surface area contributed by atoms with Gasteiger partial charge >= 0.3 is 0 Å². The van der Waals surface area contributed by atoms with Gasteiger partial charge in [0.25, 0.3) is 0 Å². The van der Waals surface area contributed by atoms with E-state index < -0.39 is 12.3 Å². The van der Waals surface area contributed by atoms with E-state index in [0.717, 1.165) is 0 Å². The van der Waals surface area contributed by atoms with Gasteiger partial charge in [0.05, 0.1) is 6.10 Å². The molecule has 0 bridgehead atoms. The van der Waals surface area contributed by atoms with Gasteiger partial charge in [0.15, 0.2) is 0 Å². The molecule has 0 aromatic rings. The molecule has 0 amide bonds. The summed E-state index contributed by atoms with van der Waals surface area (Å²) < 4.78 is 12.5. The first-order chi connectivity index (χ1) is 4.20. The van der Waals surface area contributed by atoms with Crippen molar-refractivity contribution in [2.24, 2.45) is 0 Å². The lowest BCUT2D eigenvalue weighted by Gasteiger charge is -2.28. The number of piperidine rings is 1. The zero-order valence-electron chi connectivity index (χ0n) is 5.26. The second-order valence-corrected chi connectivity index (χ2v) is 2.45. The topological polar surface area (TPSA) is 23.5 Å². The zero-order chi connectivity index (χ0) is 6.85. The molecule has 3 heteroatoms. The summed E-state index contributed by atoms with van der Waals surface area (Å²) in [4.78, 5) is 1.64. The lowest BCUT2D eigenvalue weighted by molar-refractivity contribution is 0.0201. The van der Waals surface area contributed by atoms with E-state index in [9.17, 15) is 4.39 Å². The number of nitrogens with zero attached hydrogens (tertiary/aromatic N) is 1. The van der Waals surface area contributed by atoms with Crippen molar-refractivity contribution in [2.45, 2.75) is 18.7 Å². The monoisotopic (exact) mass is 132 g/mol. The summed E-state index contributed by atoms with van der Waals surface area (Å²) in [6, 6.07) is 0. The van der Waals surface area contributed by atoms with Crippen molar-refractivity contribution >= 4 is 0 Å². The maximum Gasteiger partial charge on any atom is 0.138 e. The van der Waals surface area contributed by atoms with E-state index in [0.29, 0.717) is 13.0 Å². The highest BCUT2D eigenvalue weighted by Gasteiger charge is 2.24. The molecule has 1 heterocycles. The molecule has 0 saturated carbocycles. The van der Waals surface area contributed by atoms with Gasteiger partial charge in [-0.1, -0.05) is 0 Å². The third-order valence-corrected chi connectivity index (χ3v) is 1.59. The van der Waals surface area contributed by atoms with Gasteiger partial charge < -0.3 is 5.11 Å². The lowest BCUT2D eigenvalue weighted by atomic mass is 10.1. The predicted octanol–water partition coefficient (Wildman–Crippen LogP) is 0.183. The second-order valence-electron chi connectivity index (χ2n) is 2.45. The Hall–Kier alpha value is -0.150. The van der Waals surface area contributed by atoms with Crippen LogP contribution in [0, 0.1) is 7.05 Å². The summed E-state index contributed by atoms with van der Waals surface area (Å²) in [6.07, 6.45) is -1.36. The smallest absolute Gasteiger partial charge is 0.138 e.